The molecule has 2 amide bonds. The molecule has 1 aliphatic heterocycles. The predicted molar refractivity (Wildman–Crippen MR) is 145 cm³/mol. The van der Waals surface area contributed by atoms with E-state index in [4.69, 9.17) is 0 Å². The minimum Gasteiger partial charge on any atom is -0.311 e. The first-order chi connectivity index (χ1) is 17.6. The maximum absolute atomic E-state index is 13.3. The highest BCUT2D eigenvalue weighted by molar-refractivity contribution is 7.15. The van der Waals surface area contributed by atoms with Crippen LogP contribution in [0.2, 0.25) is 0 Å². The van der Waals surface area contributed by atoms with Crippen LogP contribution >= 0.6 is 11.3 Å². The molecule has 36 heavy (non-hydrogen) atoms. The Morgan fingerprint density at radius 2 is 1.69 bits per heavy atom. The van der Waals surface area contributed by atoms with E-state index in [2.05, 4.69) is 28.5 Å². The average molecular weight is 495 g/mol. The van der Waals surface area contributed by atoms with E-state index in [1.165, 1.54) is 11.3 Å². The number of benzene rings is 3. The van der Waals surface area contributed by atoms with E-state index in [0.29, 0.717) is 23.7 Å². The number of rotatable bonds is 7. The fourth-order valence-electron chi connectivity index (χ4n) is 4.41. The average Bonchev–Trinajstić information content (AvgIpc) is 3.54. The molecule has 1 unspecified atom stereocenters. The van der Waals surface area contributed by atoms with Gasteiger partial charge in [-0.1, -0.05) is 97.1 Å². The number of nitrogens with zero attached hydrogens (tertiary/aromatic N) is 3. The Balaban J connectivity index is 1.34. The van der Waals surface area contributed by atoms with Gasteiger partial charge in [0.25, 0.3) is 5.91 Å². The van der Waals surface area contributed by atoms with Crippen molar-refractivity contribution >= 4 is 45.6 Å². The van der Waals surface area contributed by atoms with Crippen molar-refractivity contribution in [3.05, 3.63) is 107 Å². The second-order valence-electron chi connectivity index (χ2n) is 8.62. The van der Waals surface area contributed by atoms with E-state index in [0.717, 1.165) is 33.8 Å². The molecule has 3 aromatic carbocycles. The summed E-state index contributed by atoms with van der Waals surface area (Å²) < 4.78 is 0. The Kier molecular flexibility index (Phi) is 7.00. The third kappa shape index (κ3) is 5.11. The molecule has 1 fully saturated rings. The highest BCUT2D eigenvalue weighted by Crippen LogP contribution is 2.36. The quantitative estimate of drug-likeness (QED) is 0.260. The van der Waals surface area contributed by atoms with Gasteiger partial charge in [0.15, 0.2) is 0 Å². The number of carbonyl (C=O) groups excluding carboxylic acids is 2. The molecule has 0 radical (unpaired) electrons. The van der Waals surface area contributed by atoms with Crippen molar-refractivity contribution in [1.82, 2.24) is 10.2 Å². The summed E-state index contributed by atoms with van der Waals surface area (Å²) in [7, 11) is 0. The standard InChI is InChI=1S/C29H26N4O2S/c1-2-21-13-9-10-16-25(21)33-19-23(18-26(33)34)28-31-32-29(36-28)30-27(35)24(22-14-7-4-8-15-22)17-20-11-5-3-6-12-20/h3-17,23H,2,18-19H2,1H3,(H,30,32,35)/b24-17+. The molecule has 0 saturated carbocycles. The number of hydrogen-bond acceptors (Lipinski definition) is 5. The van der Waals surface area contributed by atoms with Gasteiger partial charge in [0.05, 0.1) is 0 Å². The van der Waals surface area contributed by atoms with E-state index in [1.807, 2.05) is 89.8 Å². The number of hydrogen-bond donors (Lipinski definition) is 1. The molecule has 6 nitrogen and oxygen atoms in total. The van der Waals surface area contributed by atoms with Crippen molar-refractivity contribution < 1.29 is 9.59 Å². The Bertz CT molecular complexity index is 1400. The first-order valence-corrected chi connectivity index (χ1v) is 12.8. The lowest BCUT2D eigenvalue weighted by molar-refractivity contribution is -0.117. The number of para-hydroxylation sites is 1. The molecular weight excluding hydrogens is 468 g/mol. The van der Waals surface area contributed by atoms with Gasteiger partial charge in [0, 0.05) is 30.1 Å². The van der Waals surface area contributed by atoms with Crippen molar-refractivity contribution in [2.75, 3.05) is 16.8 Å². The lowest BCUT2D eigenvalue weighted by atomic mass is 10.0. The molecule has 1 atom stereocenters. The van der Waals surface area contributed by atoms with Crippen LogP contribution in [0.4, 0.5) is 10.8 Å². The lowest BCUT2D eigenvalue weighted by Crippen LogP contribution is -2.25. The van der Waals surface area contributed by atoms with Crippen LogP contribution in [0, 0.1) is 0 Å². The van der Waals surface area contributed by atoms with Crippen LogP contribution in [-0.4, -0.2) is 28.6 Å². The zero-order valence-corrected chi connectivity index (χ0v) is 20.7. The third-order valence-electron chi connectivity index (χ3n) is 6.24. The minimum absolute atomic E-state index is 0.0565. The van der Waals surface area contributed by atoms with Crippen LogP contribution in [-0.2, 0) is 16.0 Å². The van der Waals surface area contributed by atoms with Gasteiger partial charge < -0.3 is 4.90 Å². The topological polar surface area (TPSA) is 75.2 Å². The summed E-state index contributed by atoms with van der Waals surface area (Å²) in [5.41, 5.74) is 4.40. The molecule has 0 bridgehead atoms. The third-order valence-corrected chi connectivity index (χ3v) is 7.24. The van der Waals surface area contributed by atoms with Gasteiger partial charge in [-0.2, -0.15) is 0 Å². The zero-order valence-electron chi connectivity index (χ0n) is 19.9. The van der Waals surface area contributed by atoms with Gasteiger partial charge in [0.2, 0.25) is 11.0 Å². The summed E-state index contributed by atoms with van der Waals surface area (Å²) in [6, 6.07) is 27.3. The van der Waals surface area contributed by atoms with E-state index in [9.17, 15) is 9.59 Å². The number of aryl methyl sites for hydroxylation is 1. The first-order valence-electron chi connectivity index (χ1n) is 12.0. The molecule has 0 spiro atoms. The largest absolute Gasteiger partial charge is 0.311 e. The van der Waals surface area contributed by atoms with E-state index < -0.39 is 0 Å². The summed E-state index contributed by atoms with van der Waals surface area (Å²) in [6.07, 6.45) is 3.11. The molecule has 1 aliphatic rings. The minimum atomic E-state index is -0.256. The van der Waals surface area contributed by atoms with E-state index in [-0.39, 0.29) is 17.7 Å². The second-order valence-corrected chi connectivity index (χ2v) is 9.63. The van der Waals surface area contributed by atoms with Gasteiger partial charge in [-0.3, -0.25) is 14.9 Å². The highest BCUT2D eigenvalue weighted by Gasteiger charge is 2.34. The van der Waals surface area contributed by atoms with Gasteiger partial charge in [-0.25, -0.2) is 0 Å². The maximum atomic E-state index is 13.3. The fourth-order valence-corrected chi connectivity index (χ4v) is 5.24. The summed E-state index contributed by atoms with van der Waals surface area (Å²) in [5.74, 6) is -0.230. The molecule has 4 aromatic rings. The molecule has 1 N–H and O–H groups in total. The number of anilines is 2. The number of carbonyl (C=O) groups is 2. The Labute approximate surface area is 214 Å². The predicted octanol–water partition coefficient (Wildman–Crippen LogP) is 5.80. The normalized spacial score (nSPS) is 15.8. The molecule has 2 heterocycles. The summed E-state index contributed by atoms with van der Waals surface area (Å²) in [6.45, 7) is 2.65. The van der Waals surface area contributed by atoms with Gasteiger partial charge in [-0.15, -0.1) is 10.2 Å². The number of nitrogens with one attached hydrogen (secondary N) is 1. The Morgan fingerprint density at radius 1 is 1.00 bits per heavy atom. The Hall–Kier alpha value is -4.10. The Morgan fingerprint density at radius 3 is 2.44 bits per heavy atom. The van der Waals surface area contributed by atoms with E-state index in [1.54, 1.807) is 0 Å². The maximum Gasteiger partial charge on any atom is 0.258 e. The fraction of sp³-hybridized carbons (Fsp3) is 0.172. The van der Waals surface area contributed by atoms with Crippen LogP contribution in [0.1, 0.15) is 41.0 Å². The van der Waals surface area contributed by atoms with Crippen molar-refractivity contribution in [2.24, 2.45) is 0 Å². The van der Waals surface area contributed by atoms with Crippen LogP contribution in [0.15, 0.2) is 84.9 Å². The van der Waals surface area contributed by atoms with Crippen molar-refractivity contribution in [2.45, 2.75) is 25.7 Å². The van der Waals surface area contributed by atoms with Crippen LogP contribution < -0.4 is 10.2 Å². The molecule has 1 aromatic heterocycles. The first kappa shape index (κ1) is 23.6. The molecule has 1 saturated heterocycles. The SMILES string of the molecule is CCc1ccccc1N1CC(c2nnc(NC(=O)/C(=C/c3ccccc3)c3ccccc3)s2)CC1=O. The number of aromatic nitrogens is 2. The van der Waals surface area contributed by atoms with Crippen molar-refractivity contribution in [3.63, 3.8) is 0 Å². The van der Waals surface area contributed by atoms with Crippen LogP contribution in [0.5, 0.6) is 0 Å². The highest BCUT2D eigenvalue weighted by atomic mass is 32.1. The number of amides is 2. The molecular formula is C29H26N4O2S. The van der Waals surface area contributed by atoms with Crippen LogP contribution in [0.3, 0.4) is 0 Å². The van der Waals surface area contributed by atoms with Crippen molar-refractivity contribution in [1.29, 1.82) is 0 Å². The lowest BCUT2D eigenvalue weighted by Gasteiger charge is -2.19. The van der Waals surface area contributed by atoms with E-state index >= 15 is 0 Å². The zero-order chi connectivity index (χ0) is 24.9. The molecule has 5 rings (SSSR count). The molecule has 180 valence electrons. The summed E-state index contributed by atoms with van der Waals surface area (Å²) in [4.78, 5) is 28.0. The van der Waals surface area contributed by atoms with Gasteiger partial charge in [-0.05, 0) is 35.3 Å². The molecule has 0 aliphatic carbocycles. The summed E-state index contributed by atoms with van der Waals surface area (Å²) >= 11 is 1.33. The smallest absolute Gasteiger partial charge is 0.258 e. The van der Waals surface area contributed by atoms with Crippen LogP contribution in [0.25, 0.3) is 11.6 Å². The van der Waals surface area contributed by atoms with Crippen molar-refractivity contribution in [3.8, 4) is 0 Å². The molecule has 7 heteroatoms. The monoisotopic (exact) mass is 494 g/mol. The second kappa shape index (κ2) is 10.7. The van der Waals surface area contributed by atoms with Gasteiger partial charge in [0.1, 0.15) is 5.01 Å². The van der Waals surface area contributed by atoms with Gasteiger partial charge >= 0.3 is 0 Å². The summed E-state index contributed by atoms with van der Waals surface area (Å²) in [5, 5.41) is 12.6.